The molecule has 3 N–H and O–H groups in total. The van der Waals surface area contributed by atoms with E-state index in [1.54, 1.807) is 12.1 Å². The lowest BCUT2D eigenvalue weighted by molar-refractivity contribution is 0.0977. The number of thiocarbonyl (C=S) groups is 1. The number of aromatic hydroxyl groups is 1. The zero-order valence-electron chi connectivity index (χ0n) is 12.9. The van der Waals surface area contributed by atoms with Gasteiger partial charge in [0.15, 0.2) is 10.9 Å². The van der Waals surface area contributed by atoms with Crippen molar-refractivity contribution in [2.24, 2.45) is 0 Å². The summed E-state index contributed by atoms with van der Waals surface area (Å²) in [4.78, 5) is 12.2. The van der Waals surface area contributed by atoms with Gasteiger partial charge < -0.3 is 15.2 Å². The van der Waals surface area contributed by atoms with Gasteiger partial charge in [0.2, 0.25) is 0 Å². The number of amides is 1. The van der Waals surface area contributed by atoms with Crippen molar-refractivity contribution in [1.29, 1.82) is 0 Å². The van der Waals surface area contributed by atoms with Crippen molar-refractivity contribution in [2.75, 3.05) is 11.9 Å². The van der Waals surface area contributed by atoms with Crippen LogP contribution in [0.3, 0.4) is 0 Å². The van der Waals surface area contributed by atoms with Gasteiger partial charge in [-0.1, -0.05) is 34.8 Å². The van der Waals surface area contributed by atoms with Crippen LogP contribution in [-0.2, 0) is 0 Å². The van der Waals surface area contributed by atoms with Crippen LogP contribution in [0.15, 0.2) is 30.3 Å². The standard InChI is InChI=1S/C16H13Cl3N2O3S/c1-2-24-13-4-3-8(5-10(13)17)15(23)21-16(25)20-9-6-11(18)14(22)12(19)7-9/h3-7,22H,2H2,1H3,(H2,20,21,23,25). The number of hydrogen-bond acceptors (Lipinski definition) is 4. The van der Waals surface area contributed by atoms with Crippen molar-refractivity contribution in [1.82, 2.24) is 5.32 Å². The van der Waals surface area contributed by atoms with Crippen LogP contribution in [0.4, 0.5) is 5.69 Å². The van der Waals surface area contributed by atoms with E-state index in [1.807, 2.05) is 6.92 Å². The Balaban J connectivity index is 2.05. The SMILES string of the molecule is CCOc1ccc(C(=O)NC(=S)Nc2cc(Cl)c(O)c(Cl)c2)cc1Cl. The first-order chi connectivity index (χ1) is 11.8. The molecule has 0 heterocycles. The molecule has 25 heavy (non-hydrogen) atoms. The Labute approximate surface area is 164 Å². The third-order valence-electron chi connectivity index (χ3n) is 3.00. The molecule has 0 aliphatic heterocycles. The van der Waals surface area contributed by atoms with Crippen LogP contribution >= 0.6 is 47.0 Å². The number of anilines is 1. The van der Waals surface area contributed by atoms with Gasteiger partial charge in [0.1, 0.15) is 5.75 Å². The summed E-state index contributed by atoms with van der Waals surface area (Å²) in [6, 6.07) is 7.52. The first-order valence-corrected chi connectivity index (χ1v) is 8.58. The molecule has 0 aliphatic carbocycles. The Hall–Kier alpha value is -1.73. The summed E-state index contributed by atoms with van der Waals surface area (Å²) in [6.45, 7) is 2.31. The Kier molecular flexibility index (Phi) is 6.72. The minimum absolute atomic E-state index is 0.0350. The number of benzene rings is 2. The summed E-state index contributed by atoms with van der Waals surface area (Å²) in [7, 11) is 0. The van der Waals surface area contributed by atoms with Crippen LogP contribution in [-0.4, -0.2) is 22.7 Å². The maximum atomic E-state index is 12.2. The highest BCUT2D eigenvalue weighted by Crippen LogP contribution is 2.34. The van der Waals surface area contributed by atoms with Crippen LogP contribution in [0.2, 0.25) is 15.1 Å². The predicted octanol–water partition coefficient (Wildman–Crippen LogP) is 4.88. The molecule has 0 radical (unpaired) electrons. The Bertz CT molecular complexity index is 807. The van der Waals surface area contributed by atoms with Gasteiger partial charge in [0.05, 0.1) is 21.7 Å². The number of carbonyl (C=O) groups is 1. The Morgan fingerprint density at radius 1 is 1.16 bits per heavy atom. The highest BCUT2D eigenvalue weighted by molar-refractivity contribution is 7.80. The number of rotatable bonds is 4. The summed E-state index contributed by atoms with van der Waals surface area (Å²) in [5, 5.41) is 15.3. The van der Waals surface area contributed by atoms with E-state index in [-0.39, 0.29) is 20.9 Å². The van der Waals surface area contributed by atoms with Crippen LogP contribution in [0.5, 0.6) is 11.5 Å². The van der Waals surface area contributed by atoms with Gasteiger partial charge >= 0.3 is 0 Å². The number of phenols is 1. The van der Waals surface area contributed by atoms with E-state index in [9.17, 15) is 9.90 Å². The summed E-state index contributed by atoms with van der Waals surface area (Å²) in [6.07, 6.45) is 0. The number of nitrogens with one attached hydrogen (secondary N) is 2. The Morgan fingerprint density at radius 3 is 2.36 bits per heavy atom. The summed E-state index contributed by atoms with van der Waals surface area (Å²) in [5.41, 5.74) is 0.738. The molecule has 0 atom stereocenters. The van der Waals surface area contributed by atoms with Crippen LogP contribution in [0.25, 0.3) is 0 Å². The maximum absolute atomic E-state index is 12.2. The fraction of sp³-hybridized carbons (Fsp3) is 0.125. The minimum Gasteiger partial charge on any atom is -0.505 e. The van der Waals surface area contributed by atoms with E-state index in [4.69, 9.17) is 51.8 Å². The van der Waals surface area contributed by atoms with Crippen molar-refractivity contribution >= 4 is 63.7 Å². The van der Waals surface area contributed by atoms with E-state index in [0.717, 1.165) is 0 Å². The highest BCUT2D eigenvalue weighted by atomic mass is 35.5. The van der Waals surface area contributed by atoms with Crippen LogP contribution in [0.1, 0.15) is 17.3 Å². The molecule has 0 bridgehead atoms. The van der Waals surface area contributed by atoms with E-state index in [2.05, 4.69) is 10.6 Å². The van der Waals surface area contributed by atoms with Crippen LogP contribution in [0, 0.1) is 0 Å². The molecule has 2 aromatic rings. The average Bonchev–Trinajstić information content (AvgIpc) is 2.54. The third kappa shape index (κ3) is 5.12. The zero-order chi connectivity index (χ0) is 18.6. The molecule has 0 aromatic heterocycles. The van der Waals surface area contributed by atoms with Crippen molar-refractivity contribution in [3.63, 3.8) is 0 Å². The molecule has 5 nitrogen and oxygen atoms in total. The first-order valence-electron chi connectivity index (χ1n) is 7.04. The smallest absolute Gasteiger partial charge is 0.257 e. The van der Waals surface area contributed by atoms with Crippen LogP contribution < -0.4 is 15.4 Å². The molecule has 0 fully saturated rings. The van der Waals surface area contributed by atoms with Crippen molar-refractivity contribution < 1.29 is 14.6 Å². The van der Waals surface area contributed by atoms with Crippen molar-refractivity contribution in [3.8, 4) is 11.5 Å². The topological polar surface area (TPSA) is 70.6 Å². The lowest BCUT2D eigenvalue weighted by atomic mass is 10.2. The summed E-state index contributed by atoms with van der Waals surface area (Å²) < 4.78 is 5.32. The Morgan fingerprint density at radius 2 is 1.80 bits per heavy atom. The van der Waals surface area contributed by atoms with Gasteiger partial charge in [0, 0.05) is 11.3 Å². The van der Waals surface area contributed by atoms with Gasteiger partial charge in [-0.3, -0.25) is 10.1 Å². The second kappa shape index (κ2) is 8.58. The average molecular weight is 420 g/mol. The van der Waals surface area contributed by atoms with Crippen molar-refractivity contribution in [2.45, 2.75) is 6.92 Å². The van der Waals surface area contributed by atoms with Crippen molar-refractivity contribution in [3.05, 3.63) is 51.0 Å². The minimum atomic E-state index is -0.446. The van der Waals surface area contributed by atoms with Gasteiger partial charge in [0.25, 0.3) is 5.91 Å². The molecule has 2 aromatic carbocycles. The molecule has 0 saturated carbocycles. The molecule has 2 rings (SSSR count). The second-order valence-corrected chi connectivity index (χ2v) is 6.40. The lowest BCUT2D eigenvalue weighted by Crippen LogP contribution is -2.34. The van der Waals surface area contributed by atoms with E-state index in [1.165, 1.54) is 18.2 Å². The molecule has 0 unspecified atom stereocenters. The number of halogens is 3. The molecule has 0 aliphatic rings. The van der Waals surface area contributed by atoms with E-state index in [0.29, 0.717) is 28.6 Å². The second-order valence-electron chi connectivity index (χ2n) is 4.77. The molecule has 1 amide bonds. The molecule has 0 spiro atoms. The zero-order valence-corrected chi connectivity index (χ0v) is 16.0. The lowest BCUT2D eigenvalue weighted by Gasteiger charge is -2.12. The highest BCUT2D eigenvalue weighted by Gasteiger charge is 2.12. The molecule has 9 heteroatoms. The quantitative estimate of drug-likeness (QED) is 0.487. The number of phenolic OH excluding ortho intramolecular Hbond substituents is 1. The fourth-order valence-corrected chi connectivity index (χ4v) is 2.82. The van der Waals surface area contributed by atoms with Gasteiger partial charge in [-0.15, -0.1) is 0 Å². The number of carbonyl (C=O) groups excluding carboxylic acids is 1. The number of ether oxygens (including phenoxy) is 1. The van der Waals surface area contributed by atoms with Gasteiger partial charge in [-0.05, 0) is 49.5 Å². The summed E-state index contributed by atoms with van der Waals surface area (Å²) >= 11 is 22.8. The maximum Gasteiger partial charge on any atom is 0.257 e. The molecule has 132 valence electrons. The van der Waals surface area contributed by atoms with E-state index >= 15 is 0 Å². The molecular weight excluding hydrogens is 407 g/mol. The largest absolute Gasteiger partial charge is 0.505 e. The monoisotopic (exact) mass is 418 g/mol. The number of hydrogen-bond donors (Lipinski definition) is 3. The molecule has 0 saturated heterocycles. The fourth-order valence-electron chi connectivity index (χ4n) is 1.89. The van der Waals surface area contributed by atoms with Gasteiger partial charge in [-0.2, -0.15) is 0 Å². The van der Waals surface area contributed by atoms with E-state index < -0.39 is 5.91 Å². The summed E-state index contributed by atoms with van der Waals surface area (Å²) in [5.74, 6) is -0.180. The normalized spacial score (nSPS) is 10.2. The van der Waals surface area contributed by atoms with Gasteiger partial charge in [-0.25, -0.2) is 0 Å². The molecular formula is C16H13Cl3N2O3S. The third-order valence-corrected chi connectivity index (χ3v) is 4.07. The first kappa shape index (κ1) is 19.6. The predicted molar refractivity (Wildman–Crippen MR) is 104 cm³/mol.